The number of ether oxygens (including phenoxy) is 1. The van der Waals surface area contributed by atoms with Crippen LogP contribution in [0.1, 0.15) is 41.0 Å². The first-order valence-corrected chi connectivity index (χ1v) is 11.1. The van der Waals surface area contributed by atoms with Crippen LogP contribution in [0.4, 0.5) is 5.82 Å². The maximum atomic E-state index is 12.8. The molecule has 2 aliphatic heterocycles. The molecule has 0 atom stereocenters. The number of nitrogens with zero attached hydrogens (tertiary/aromatic N) is 4. The SMILES string of the molecule is Cc1cc(C(=O)NCCN2CCCCC2)c(C)n1-c1ccc(N2CCOCC2)nc1. The van der Waals surface area contributed by atoms with Crippen LogP contribution in [0.25, 0.3) is 5.69 Å². The van der Waals surface area contributed by atoms with Gasteiger partial charge in [-0.1, -0.05) is 6.42 Å². The molecule has 4 rings (SSSR count). The van der Waals surface area contributed by atoms with Crippen LogP contribution in [-0.2, 0) is 4.74 Å². The molecule has 0 aromatic carbocycles. The van der Waals surface area contributed by atoms with E-state index in [2.05, 4.69) is 36.8 Å². The van der Waals surface area contributed by atoms with E-state index in [1.54, 1.807) is 0 Å². The highest BCUT2D eigenvalue weighted by molar-refractivity contribution is 5.95. The lowest BCUT2D eigenvalue weighted by molar-refractivity contribution is 0.0946. The van der Waals surface area contributed by atoms with Gasteiger partial charge in [-0.2, -0.15) is 0 Å². The second kappa shape index (κ2) is 9.62. The van der Waals surface area contributed by atoms with E-state index in [0.29, 0.717) is 6.54 Å². The number of rotatable bonds is 6. The zero-order valence-electron chi connectivity index (χ0n) is 18.2. The van der Waals surface area contributed by atoms with Crippen molar-refractivity contribution in [2.75, 3.05) is 57.4 Å². The number of pyridine rings is 1. The van der Waals surface area contributed by atoms with Gasteiger partial charge < -0.3 is 24.4 Å². The van der Waals surface area contributed by atoms with E-state index in [-0.39, 0.29) is 5.91 Å². The lowest BCUT2D eigenvalue weighted by Gasteiger charge is -2.27. The quantitative estimate of drug-likeness (QED) is 0.792. The smallest absolute Gasteiger partial charge is 0.253 e. The van der Waals surface area contributed by atoms with Gasteiger partial charge in [0.25, 0.3) is 5.91 Å². The molecular weight excluding hydrogens is 378 g/mol. The van der Waals surface area contributed by atoms with E-state index in [9.17, 15) is 4.79 Å². The minimum Gasteiger partial charge on any atom is -0.378 e. The molecule has 30 heavy (non-hydrogen) atoms. The number of aryl methyl sites for hydroxylation is 1. The molecule has 0 saturated carbocycles. The molecule has 0 aliphatic carbocycles. The van der Waals surface area contributed by atoms with Gasteiger partial charge in [-0.3, -0.25) is 4.79 Å². The van der Waals surface area contributed by atoms with Crippen LogP contribution >= 0.6 is 0 Å². The standard InChI is InChI=1S/C23H33N5O2/c1-18-16-21(23(29)24-8-11-26-9-4-3-5-10-26)19(2)28(18)20-6-7-22(25-17-20)27-12-14-30-15-13-27/h6-7,16-17H,3-5,8-15H2,1-2H3,(H,24,29). The third-order valence-electron chi connectivity index (χ3n) is 6.16. The number of likely N-dealkylation sites (tertiary alicyclic amines) is 1. The van der Waals surface area contributed by atoms with Gasteiger partial charge in [0.1, 0.15) is 5.82 Å². The summed E-state index contributed by atoms with van der Waals surface area (Å²) in [6.45, 7) is 11.2. The minimum atomic E-state index is 0.00394. The van der Waals surface area contributed by atoms with Crippen LogP contribution < -0.4 is 10.2 Å². The fourth-order valence-corrected chi connectivity index (χ4v) is 4.49. The number of carbonyl (C=O) groups excluding carboxylic acids is 1. The van der Waals surface area contributed by atoms with Gasteiger partial charge in [-0.25, -0.2) is 4.98 Å². The van der Waals surface area contributed by atoms with E-state index >= 15 is 0 Å². The normalized spacial score (nSPS) is 17.9. The summed E-state index contributed by atoms with van der Waals surface area (Å²) in [5.41, 5.74) is 3.70. The Morgan fingerprint density at radius 2 is 1.87 bits per heavy atom. The van der Waals surface area contributed by atoms with Crippen LogP contribution in [0.5, 0.6) is 0 Å². The second-order valence-corrected chi connectivity index (χ2v) is 8.25. The molecule has 4 heterocycles. The number of amides is 1. The Kier molecular flexibility index (Phi) is 6.69. The van der Waals surface area contributed by atoms with Gasteiger partial charge in [0.2, 0.25) is 0 Å². The van der Waals surface area contributed by atoms with Crippen molar-refractivity contribution in [2.24, 2.45) is 0 Å². The Hall–Kier alpha value is -2.38. The maximum absolute atomic E-state index is 12.8. The number of aromatic nitrogens is 2. The summed E-state index contributed by atoms with van der Waals surface area (Å²) in [4.78, 5) is 22.1. The predicted molar refractivity (Wildman–Crippen MR) is 119 cm³/mol. The monoisotopic (exact) mass is 411 g/mol. The summed E-state index contributed by atoms with van der Waals surface area (Å²) in [5.74, 6) is 0.976. The first-order valence-electron chi connectivity index (χ1n) is 11.1. The van der Waals surface area contributed by atoms with Gasteiger partial charge in [-0.15, -0.1) is 0 Å². The van der Waals surface area contributed by atoms with Crippen LogP contribution in [0.3, 0.4) is 0 Å². The van der Waals surface area contributed by atoms with Crippen molar-refractivity contribution in [1.82, 2.24) is 19.8 Å². The number of morpholine rings is 1. The highest BCUT2D eigenvalue weighted by atomic mass is 16.5. The number of piperidine rings is 1. The van der Waals surface area contributed by atoms with Gasteiger partial charge in [0, 0.05) is 37.6 Å². The Morgan fingerprint density at radius 3 is 2.57 bits per heavy atom. The summed E-state index contributed by atoms with van der Waals surface area (Å²) < 4.78 is 7.53. The molecule has 2 aromatic rings. The molecular formula is C23H33N5O2. The van der Waals surface area contributed by atoms with Crippen molar-refractivity contribution in [3.8, 4) is 5.69 Å². The molecule has 2 saturated heterocycles. The third-order valence-corrected chi connectivity index (χ3v) is 6.16. The Bertz CT molecular complexity index is 849. The number of carbonyl (C=O) groups is 1. The molecule has 7 heteroatoms. The molecule has 7 nitrogen and oxygen atoms in total. The first-order chi connectivity index (χ1) is 14.6. The molecule has 2 fully saturated rings. The summed E-state index contributed by atoms with van der Waals surface area (Å²) in [6.07, 6.45) is 5.76. The van der Waals surface area contributed by atoms with Crippen molar-refractivity contribution in [2.45, 2.75) is 33.1 Å². The minimum absolute atomic E-state index is 0.00394. The van der Waals surface area contributed by atoms with Crippen molar-refractivity contribution in [3.63, 3.8) is 0 Å². The van der Waals surface area contributed by atoms with Crippen molar-refractivity contribution < 1.29 is 9.53 Å². The van der Waals surface area contributed by atoms with Crippen LogP contribution in [0, 0.1) is 13.8 Å². The topological polar surface area (TPSA) is 62.6 Å². The zero-order chi connectivity index (χ0) is 20.9. The van der Waals surface area contributed by atoms with E-state index in [4.69, 9.17) is 4.74 Å². The van der Waals surface area contributed by atoms with Crippen molar-refractivity contribution in [1.29, 1.82) is 0 Å². The molecule has 0 spiro atoms. The molecule has 0 radical (unpaired) electrons. The Morgan fingerprint density at radius 1 is 1.10 bits per heavy atom. The Balaban J connectivity index is 1.41. The maximum Gasteiger partial charge on any atom is 0.253 e. The van der Waals surface area contributed by atoms with Crippen LogP contribution in [-0.4, -0.2) is 72.8 Å². The van der Waals surface area contributed by atoms with Gasteiger partial charge >= 0.3 is 0 Å². The zero-order valence-corrected chi connectivity index (χ0v) is 18.2. The second-order valence-electron chi connectivity index (χ2n) is 8.25. The molecule has 0 unspecified atom stereocenters. The lowest BCUT2D eigenvalue weighted by atomic mass is 10.1. The predicted octanol–water partition coefficient (Wildman–Crippen LogP) is 2.54. The number of nitrogens with one attached hydrogen (secondary N) is 1. The van der Waals surface area contributed by atoms with Gasteiger partial charge in [0.05, 0.1) is 30.7 Å². The average Bonchev–Trinajstić information content (AvgIpc) is 3.09. The number of hydrogen-bond acceptors (Lipinski definition) is 5. The van der Waals surface area contributed by atoms with Gasteiger partial charge in [-0.05, 0) is 58.0 Å². The van der Waals surface area contributed by atoms with E-state index < -0.39 is 0 Å². The molecule has 2 aromatic heterocycles. The van der Waals surface area contributed by atoms with E-state index in [0.717, 1.165) is 74.4 Å². The molecule has 1 amide bonds. The average molecular weight is 412 g/mol. The highest BCUT2D eigenvalue weighted by Crippen LogP contribution is 2.22. The largest absolute Gasteiger partial charge is 0.378 e. The highest BCUT2D eigenvalue weighted by Gasteiger charge is 2.18. The number of anilines is 1. The molecule has 2 aliphatic rings. The van der Waals surface area contributed by atoms with Crippen molar-refractivity contribution in [3.05, 3.63) is 41.3 Å². The summed E-state index contributed by atoms with van der Waals surface area (Å²) in [6, 6.07) is 6.11. The van der Waals surface area contributed by atoms with Crippen LogP contribution in [0.2, 0.25) is 0 Å². The third kappa shape index (κ3) is 4.68. The number of hydrogen-bond donors (Lipinski definition) is 1. The molecule has 162 valence electrons. The fraction of sp³-hybridized carbons (Fsp3) is 0.565. The van der Waals surface area contributed by atoms with E-state index in [1.165, 1.54) is 19.3 Å². The lowest BCUT2D eigenvalue weighted by Crippen LogP contribution is -2.37. The van der Waals surface area contributed by atoms with Crippen molar-refractivity contribution >= 4 is 11.7 Å². The van der Waals surface area contributed by atoms with Gasteiger partial charge in [0.15, 0.2) is 0 Å². The Labute approximate surface area is 179 Å². The molecule has 1 N–H and O–H groups in total. The first kappa shape index (κ1) is 20.9. The summed E-state index contributed by atoms with van der Waals surface area (Å²) in [5, 5.41) is 3.10. The summed E-state index contributed by atoms with van der Waals surface area (Å²) in [7, 11) is 0. The van der Waals surface area contributed by atoms with Crippen LogP contribution in [0.15, 0.2) is 24.4 Å². The summed E-state index contributed by atoms with van der Waals surface area (Å²) >= 11 is 0. The van der Waals surface area contributed by atoms with E-state index in [1.807, 2.05) is 26.1 Å². The molecule has 0 bridgehead atoms. The fourth-order valence-electron chi connectivity index (χ4n) is 4.49.